The first-order chi connectivity index (χ1) is 3.73. The van der Waals surface area contributed by atoms with Crippen molar-refractivity contribution in [3.05, 3.63) is 0 Å². The van der Waals surface area contributed by atoms with E-state index in [0.29, 0.717) is 0 Å². The van der Waals surface area contributed by atoms with E-state index in [-0.39, 0.29) is 6.15 Å². The number of carboxylic acid groups (broad SMARTS) is 2. The lowest BCUT2D eigenvalue weighted by molar-refractivity contribution is 0.137. The van der Waals surface area contributed by atoms with Gasteiger partial charge in [0.2, 0.25) is 0 Å². The zero-order valence-electron chi connectivity index (χ0n) is 4.98. The Morgan fingerprint density at radius 2 is 1.22 bits per heavy atom. The fourth-order valence-electron chi connectivity index (χ4n) is 0. The summed E-state index contributed by atoms with van der Waals surface area (Å²) in [5.74, 6) is 3.50. The summed E-state index contributed by atoms with van der Waals surface area (Å²) in [5.41, 5.74) is 0. The van der Waals surface area contributed by atoms with Crippen molar-refractivity contribution < 1.29 is 25.3 Å². The SMILES string of the molecule is CO.N.NO.O=C(O)O. The third-order valence-corrected chi connectivity index (χ3v) is 0. The summed E-state index contributed by atoms with van der Waals surface area (Å²) in [7, 11) is 1.00. The van der Waals surface area contributed by atoms with Crippen molar-refractivity contribution >= 4 is 6.16 Å². The third-order valence-electron chi connectivity index (χ3n) is 0. The summed E-state index contributed by atoms with van der Waals surface area (Å²) in [6, 6.07) is 0. The minimum absolute atomic E-state index is 0. The molecule has 0 amide bonds. The number of aliphatic hydroxyl groups is 1. The molecule has 7 heteroatoms. The van der Waals surface area contributed by atoms with Gasteiger partial charge in [-0.05, 0) is 0 Å². The average Bonchev–Trinajstić information content (AvgIpc) is 1.75. The molecule has 0 bridgehead atoms. The molecule has 0 radical (unpaired) electrons. The number of nitrogens with two attached hydrogens (primary N) is 1. The Labute approximate surface area is 51.9 Å². The molecule has 0 saturated carbocycles. The van der Waals surface area contributed by atoms with E-state index in [1.165, 1.54) is 0 Å². The maximum atomic E-state index is 8.56. The summed E-state index contributed by atoms with van der Waals surface area (Å²) in [4.78, 5) is 8.56. The van der Waals surface area contributed by atoms with Crippen molar-refractivity contribution in [2.75, 3.05) is 7.11 Å². The molecule has 60 valence electrons. The van der Waals surface area contributed by atoms with E-state index < -0.39 is 6.16 Å². The van der Waals surface area contributed by atoms with Crippen molar-refractivity contribution in [1.29, 1.82) is 0 Å². The Kier molecular flexibility index (Phi) is 161. The van der Waals surface area contributed by atoms with Crippen LogP contribution in [0.5, 0.6) is 0 Å². The van der Waals surface area contributed by atoms with Crippen LogP contribution in [-0.4, -0.2) is 33.8 Å². The zero-order valence-corrected chi connectivity index (χ0v) is 4.98. The molecule has 0 aromatic rings. The van der Waals surface area contributed by atoms with Gasteiger partial charge in [-0.25, -0.2) is 10.7 Å². The van der Waals surface area contributed by atoms with Gasteiger partial charge >= 0.3 is 6.16 Å². The molecule has 0 aromatic carbocycles. The van der Waals surface area contributed by atoms with Crippen molar-refractivity contribution in [2.45, 2.75) is 0 Å². The Morgan fingerprint density at radius 3 is 1.22 bits per heavy atom. The lowest BCUT2D eigenvalue weighted by Gasteiger charge is -1.60. The second-order valence-electron chi connectivity index (χ2n) is 0.283. The summed E-state index contributed by atoms with van der Waals surface area (Å²) < 4.78 is 0. The smallest absolute Gasteiger partial charge is 0.450 e. The molecule has 0 saturated heterocycles. The molecule has 9 N–H and O–H groups in total. The molecule has 0 aromatic heterocycles. The second-order valence-corrected chi connectivity index (χ2v) is 0.283. The van der Waals surface area contributed by atoms with Crippen LogP contribution in [0, 0.1) is 0 Å². The van der Waals surface area contributed by atoms with Crippen molar-refractivity contribution in [3.63, 3.8) is 0 Å². The van der Waals surface area contributed by atoms with Crippen molar-refractivity contribution in [1.82, 2.24) is 6.15 Å². The van der Waals surface area contributed by atoms with Crippen molar-refractivity contribution in [3.8, 4) is 0 Å². The highest BCUT2D eigenvalue weighted by molar-refractivity contribution is 5.53. The monoisotopic (exact) mass is 144 g/mol. The normalized spacial score (nSPS) is 4.00. The fraction of sp³-hybridized carbons (Fsp3) is 0.500. The van der Waals surface area contributed by atoms with E-state index in [4.69, 9.17) is 25.3 Å². The second kappa shape index (κ2) is 59.6. The number of carbonyl (C=O) groups is 1. The summed E-state index contributed by atoms with van der Waals surface area (Å²) >= 11 is 0. The maximum absolute atomic E-state index is 8.56. The topological polar surface area (TPSA) is 159 Å². The van der Waals surface area contributed by atoms with Gasteiger partial charge in [0.1, 0.15) is 0 Å². The van der Waals surface area contributed by atoms with Crippen LogP contribution in [0.4, 0.5) is 4.79 Å². The van der Waals surface area contributed by atoms with Gasteiger partial charge in [-0.1, -0.05) is 0 Å². The summed E-state index contributed by atoms with van der Waals surface area (Å²) in [5, 5.41) is 27.4. The van der Waals surface area contributed by atoms with Gasteiger partial charge in [0, 0.05) is 7.11 Å². The highest BCUT2D eigenvalue weighted by Crippen LogP contribution is 1.42. The van der Waals surface area contributed by atoms with Gasteiger partial charge in [0.25, 0.3) is 0 Å². The van der Waals surface area contributed by atoms with Gasteiger partial charge < -0.3 is 26.7 Å². The van der Waals surface area contributed by atoms with Gasteiger partial charge in [-0.2, -0.15) is 0 Å². The minimum Gasteiger partial charge on any atom is -0.450 e. The van der Waals surface area contributed by atoms with Crippen LogP contribution in [0.15, 0.2) is 0 Å². The van der Waals surface area contributed by atoms with Crippen LogP contribution in [0.2, 0.25) is 0 Å². The van der Waals surface area contributed by atoms with E-state index in [1.54, 1.807) is 0 Å². The molecule has 0 aliphatic heterocycles. The fourth-order valence-corrected chi connectivity index (χ4v) is 0. The van der Waals surface area contributed by atoms with Crippen LogP contribution in [0.1, 0.15) is 0 Å². The molecule has 9 heavy (non-hydrogen) atoms. The Bertz CT molecular complexity index is 35.9. The van der Waals surface area contributed by atoms with Crippen LogP contribution < -0.4 is 12.0 Å². The molecular formula is C2H12N2O5. The lowest BCUT2D eigenvalue weighted by atomic mass is 11.5. The number of aliphatic hydroxyl groups excluding tert-OH is 1. The first kappa shape index (κ1) is 24.3. The number of hydrogen-bond donors (Lipinski definition) is 6. The molecule has 0 aliphatic rings. The third kappa shape index (κ3) is 234. The molecule has 7 nitrogen and oxygen atoms in total. The van der Waals surface area contributed by atoms with Crippen LogP contribution in [0.25, 0.3) is 0 Å². The first-order valence-electron chi connectivity index (χ1n) is 1.36. The number of hydrogen-bond acceptors (Lipinski definition) is 5. The summed E-state index contributed by atoms with van der Waals surface area (Å²) in [6.07, 6.45) is -1.83. The highest BCUT2D eigenvalue weighted by Gasteiger charge is 1.70. The summed E-state index contributed by atoms with van der Waals surface area (Å²) in [6.45, 7) is 0. The molecule has 0 aliphatic carbocycles. The van der Waals surface area contributed by atoms with E-state index in [9.17, 15) is 0 Å². The molecule has 0 heterocycles. The highest BCUT2D eigenvalue weighted by atomic mass is 16.6. The van der Waals surface area contributed by atoms with Crippen LogP contribution >= 0.6 is 0 Å². The molecular weight excluding hydrogens is 132 g/mol. The van der Waals surface area contributed by atoms with E-state index in [0.717, 1.165) is 7.11 Å². The quantitative estimate of drug-likeness (QED) is 0.246. The average molecular weight is 144 g/mol. The predicted octanol–water partition coefficient (Wildman–Crippen LogP) is -0.673. The predicted molar refractivity (Wildman–Crippen MR) is 29.8 cm³/mol. The zero-order chi connectivity index (χ0) is 7.58. The van der Waals surface area contributed by atoms with Crippen LogP contribution in [-0.2, 0) is 0 Å². The van der Waals surface area contributed by atoms with Crippen LogP contribution in [0.3, 0.4) is 0 Å². The molecule has 0 atom stereocenters. The standard InChI is InChI=1S/CH2O3.CH4O.H3NO.H3N/c2-1(3)4;2*1-2;/h(H2,2,3,4);2H,1H3;2H,1H2;1H3. The van der Waals surface area contributed by atoms with Gasteiger partial charge in [0.15, 0.2) is 0 Å². The van der Waals surface area contributed by atoms with Gasteiger partial charge in [-0.15, -0.1) is 0 Å². The Balaban J connectivity index is -0.0000000221. The molecule has 0 rings (SSSR count). The van der Waals surface area contributed by atoms with E-state index in [2.05, 4.69) is 5.90 Å². The first-order valence-corrected chi connectivity index (χ1v) is 1.36. The lowest BCUT2D eigenvalue weighted by Crippen LogP contribution is -1.81. The van der Waals surface area contributed by atoms with Gasteiger partial charge in [0.05, 0.1) is 0 Å². The van der Waals surface area contributed by atoms with E-state index in [1.807, 2.05) is 0 Å². The largest absolute Gasteiger partial charge is 0.503 e. The maximum Gasteiger partial charge on any atom is 0.503 e. The van der Waals surface area contributed by atoms with Gasteiger partial charge in [-0.3, -0.25) is 0 Å². The molecule has 0 unspecified atom stereocenters. The number of rotatable bonds is 0. The Morgan fingerprint density at radius 1 is 1.22 bits per heavy atom. The Hall–Kier alpha value is -0.890. The minimum atomic E-state index is -1.83. The molecule has 0 fully saturated rings. The molecule has 0 spiro atoms. The van der Waals surface area contributed by atoms with E-state index >= 15 is 0 Å². The van der Waals surface area contributed by atoms with Crippen molar-refractivity contribution in [2.24, 2.45) is 5.90 Å².